The van der Waals surface area contributed by atoms with Crippen molar-refractivity contribution in [2.75, 3.05) is 7.11 Å². The molecule has 170 valence electrons. The van der Waals surface area contributed by atoms with E-state index >= 15 is 0 Å². The number of carbonyl (C=O) groups is 1. The lowest BCUT2D eigenvalue weighted by Gasteiger charge is -2.11. The van der Waals surface area contributed by atoms with Crippen LogP contribution < -0.4 is 0 Å². The molecule has 0 amide bonds. The summed E-state index contributed by atoms with van der Waals surface area (Å²) < 4.78 is 7.15. The molecule has 0 fully saturated rings. The summed E-state index contributed by atoms with van der Waals surface area (Å²) in [5, 5.41) is 1.04. The maximum atomic E-state index is 12.2. The molecule has 0 radical (unpaired) electrons. The largest absolute Gasteiger partial charge is 0.465 e. The Bertz CT molecular complexity index is 1550. The van der Waals surface area contributed by atoms with Crippen LogP contribution in [-0.2, 0) is 17.7 Å². The van der Waals surface area contributed by atoms with E-state index in [0.29, 0.717) is 12.1 Å². The van der Waals surface area contributed by atoms with Crippen molar-refractivity contribution < 1.29 is 9.53 Å². The van der Waals surface area contributed by atoms with Gasteiger partial charge in [-0.1, -0.05) is 37.3 Å². The molecule has 0 atom stereocenters. The van der Waals surface area contributed by atoms with E-state index < -0.39 is 0 Å². The van der Waals surface area contributed by atoms with Gasteiger partial charge in [0.1, 0.15) is 11.3 Å². The number of fused-ring (bicyclic) bond motifs is 2. The molecule has 0 aliphatic heterocycles. The summed E-state index contributed by atoms with van der Waals surface area (Å²) in [5.74, 6) is 0.662. The van der Waals surface area contributed by atoms with E-state index in [9.17, 15) is 4.79 Å². The van der Waals surface area contributed by atoms with E-state index in [1.165, 1.54) is 7.11 Å². The molecule has 3 aromatic heterocycles. The molecule has 0 aliphatic carbocycles. The predicted molar refractivity (Wildman–Crippen MR) is 134 cm³/mol. The van der Waals surface area contributed by atoms with Crippen LogP contribution in [0.3, 0.4) is 0 Å². The number of ether oxygens (including phenoxy) is 1. The molecular formula is C28H26N4O2. The number of aromatic nitrogens is 4. The number of hydrogen-bond acceptors (Lipinski definition) is 5. The molecule has 3 heterocycles. The lowest BCUT2D eigenvalue weighted by Crippen LogP contribution is -2.06. The number of nitrogens with zero attached hydrogens (tertiary/aromatic N) is 4. The van der Waals surface area contributed by atoms with Crippen LogP contribution in [0.5, 0.6) is 0 Å². The lowest BCUT2D eigenvalue weighted by molar-refractivity contribution is 0.0601. The predicted octanol–water partition coefficient (Wildman–Crippen LogP) is 5.66. The summed E-state index contributed by atoms with van der Waals surface area (Å²) >= 11 is 0. The summed E-state index contributed by atoms with van der Waals surface area (Å²) in [6, 6.07) is 19.7. The third-order valence-electron chi connectivity index (χ3n) is 6.12. The Kier molecular flexibility index (Phi) is 5.57. The maximum absolute atomic E-state index is 12.2. The van der Waals surface area contributed by atoms with Crippen LogP contribution in [0.4, 0.5) is 0 Å². The highest BCUT2D eigenvalue weighted by molar-refractivity contribution is 5.97. The Hall–Kier alpha value is -4.06. The first kappa shape index (κ1) is 21.8. The number of pyridine rings is 2. The minimum Gasteiger partial charge on any atom is -0.465 e. The molecule has 5 rings (SSSR count). The minimum atomic E-state index is -0.369. The lowest BCUT2D eigenvalue weighted by atomic mass is 10.0. The van der Waals surface area contributed by atoms with Gasteiger partial charge in [-0.25, -0.2) is 19.7 Å². The highest BCUT2D eigenvalue weighted by Gasteiger charge is 2.16. The van der Waals surface area contributed by atoms with Gasteiger partial charge in [-0.15, -0.1) is 0 Å². The standard InChI is InChI=1S/C28H26N4O2/c1-5-25-31-26-17(2)14-18(3)29-27(26)32(25)16-19-10-12-23-20(15-19)11-13-24(30-23)21-8-6-7-9-22(21)28(33)34-4/h6-15H,5,16H2,1-4H3. The van der Waals surface area contributed by atoms with Gasteiger partial charge in [0.15, 0.2) is 5.65 Å². The van der Waals surface area contributed by atoms with Gasteiger partial charge in [-0.2, -0.15) is 0 Å². The molecule has 0 aliphatic rings. The average Bonchev–Trinajstić information content (AvgIpc) is 3.20. The van der Waals surface area contributed by atoms with E-state index in [-0.39, 0.29) is 5.97 Å². The van der Waals surface area contributed by atoms with Gasteiger partial charge in [0.25, 0.3) is 0 Å². The van der Waals surface area contributed by atoms with Crippen LogP contribution in [0.25, 0.3) is 33.3 Å². The molecule has 0 saturated carbocycles. The number of hydrogen-bond donors (Lipinski definition) is 0. The topological polar surface area (TPSA) is 69.9 Å². The van der Waals surface area contributed by atoms with E-state index in [4.69, 9.17) is 19.7 Å². The zero-order chi connectivity index (χ0) is 23.8. The fourth-order valence-corrected chi connectivity index (χ4v) is 4.48. The summed E-state index contributed by atoms with van der Waals surface area (Å²) in [7, 11) is 1.39. The van der Waals surface area contributed by atoms with Crippen molar-refractivity contribution in [2.24, 2.45) is 0 Å². The summed E-state index contributed by atoms with van der Waals surface area (Å²) in [6.07, 6.45) is 0.840. The third-order valence-corrected chi connectivity index (χ3v) is 6.12. The Balaban J connectivity index is 1.53. The van der Waals surface area contributed by atoms with Crippen LogP contribution in [0.15, 0.2) is 60.7 Å². The first-order chi connectivity index (χ1) is 16.5. The number of benzene rings is 2. The summed E-state index contributed by atoms with van der Waals surface area (Å²) in [4.78, 5) is 26.7. The molecular weight excluding hydrogens is 424 g/mol. The fraction of sp³-hybridized carbons (Fsp3) is 0.214. The normalized spacial score (nSPS) is 11.3. The highest BCUT2D eigenvalue weighted by atomic mass is 16.5. The molecule has 2 aromatic carbocycles. The van der Waals surface area contributed by atoms with E-state index in [2.05, 4.69) is 42.7 Å². The number of carbonyl (C=O) groups excluding carboxylic acids is 1. The van der Waals surface area contributed by atoms with Gasteiger partial charge in [0.2, 0.25) is 0 Å². The second-order valence-electron chi connectivity index (χ2n) is 8.48. The first-order valence-electron chi connectivity index (χ1n) is 11.4. The van der Waals surface area contributed by atoms with Crippen LogP contribution in [0.1, 0.15) is 39.9 Å². The SMILES string of the molecule is CCc1nc2c(C)cc(C)nc2n1Cc1ccc2nc(-c3ccccc3C(=O)OC)ccc2c1. The Morgan fingerprint density at radius 1 is 0.971 bits per heavy atom. The van der Waals surface area contributed by atoms with Gasteiger partial charge in [0.05, 0.1) is 30.4 Å². The van der Waals surface area contributed by atoms with Crippen molar-refractivity contribution in [3.63, 3.8) is 0 Å². The monoisotopic (exact) mass is 450 g/mol. The van der Waals surface area contributed by atoms with Crippen molar-refractivity contribution in [1.29, 1.82) is 0 Å². The van der Waals surface area contributed by atoms with Gasteiger partial charge in [-0.3, -0.25) is 0 Å². The van der Waals surface area contributed by atoms with E-state index in [0.717, 1.165) is 62.4 Å². The quantitative estimate of drug-likeness (QED) is 0.323. The number of imidazole rings is 1. The second kappa shape index (κ2) is 8.71. The van der Waals surface area contributed by atoms with Crippen LogP contribution in [0, 0.1) is 13.8 Å². The van der Waals surface area contributed by atoms with Gasteiger partial charge >= 0.3 is 5.97 Å². The van der Waals surface area contributed by atoms with E-state index in [1.807, 2.05) is 37.3 Å². The minimum absolute atomic E-state index is 0.369. The molecule has 0 spiro atoms. The summed E-state index contributed by atoms with van der Waals surface area (Å²) in [6.45, 7) is 6.93. The average molecular weight is 451 g/mol. The Morgan fingerprint density at radius 3 is 2.59 bits per heavy atom. The van der Waals surface area contributed by atoms with Gasteiger partial charge in [0, 0.05) is 23.1 Å². The number of esters is 1. The van der Waals surface area contributed by atoms with Crippen molar-refractivity contribution in [3.8, 4) is 11.3 Å². The Labute approximate surface area is 198 Å². The molecule has 0 bridgehead atoms. The first-order valence-corrected chi connectivity index (χ1v) is 11.4. The third kappa shape index (κ3) is 3.81. The molecule has 6 nitrogen and oxygen atoms in total. The van der Waals surface area contributed by atoms with Crippen molar-refractivity contribution >= 4 is 28.0 Å². The summed E-state index contributed by atoms with van der Waals surface area (Å²) in [5.41, 5.74) is 8.09. The molecule has 0 N–H and O–H groups in total. The van der Waals surface area contributed by atoms with Crippen molar-refractivity contribution in [3.05, 3.63) is 88.9 Å². The van der Waals surface area contributed by atoms with Crippen molar-refractivity contribution in [2.45, 2.75) is 33.7 Å². The Morgan fingerprint density at radius 2 is 1.79 bits per heavy atom. The second-order valence-corrected chi connectivity index (χ2v) is 8.48. The number of rotatable bonds is 5. The molecule has 0 saturated heterocycles. The van der Waals surface area contributed by atoms with Crippen LogP contribution >= 0.6 is 0 Å². The van der Waals surface area contributed by atoms with E-state index in [1.54, 1.807) is 6.07 Å². The molecule has 5 aromatic rings. The number of aryl methyl sites for hydroxylation is 3. The van der Waals surface area contributed by atoms with Gasteiger partial charge in [-0.05, 0) is 55.3 Å². The zero-order valence-corrected chi connectivity index (χ0v) is 19.8. The molecule has 34 heavy (non-hydrogen) atoms. The smallest absolute Gasteiger partial charge is 0.338 e. The van der Waals surface area contributed by atoms with Gasteiger partial charge < -0.3 is 9.30 Å². The molecule has 6 heteroatoms. The van der Waals surface area contributed by atoms with Crippen LogP contribution in [-0.4, -0.2) is 32.6 Å². The fourth-order valence-electron chi connectivity index (χ4n) is 4.48. The highest BCUT2D eigenvalue weighted by Crippen LogP contribution is 2.26. The van der Waals surface area contributed by atoms with Crippen molar-refractivity contribution in [1.82, 2.24) is 19.5 Å². The van der Waals surface area contributed by atoms with Crippen LogP contribution in [0.2, 0.25) is 0 Å². The number of methoxy groups -OCH3 is 1. The zero-order valence-electron chi connectivity index (χ0n) is 19.8. The maximum Gasteiger partial charge on any atom is 0.338 e. The molecule has 0 unspecified atom stereocenters.